The summed E-state index contributed by atoms with van der Waals surface area (Å²) in [5, 5.41) is 10.6. The maximum atomic E-state index is 13.4. The first-order chi connectivity index (χ1) is 16.0. The Morgan fingerprint density at radius 2 is 1.73 bits per heavy atom. The average Bonchev–Trinajstić information content (AvgIpc) is 2.84. The van der Waals surface area contributed by atoms with Crippen molar-refractivity contribution in [2.24, 2.45) is 0 Å². The molecule has 0 bridgehead atoms. The number of rotatable bonds is 4. The largest absolute Gasteiger partial charge is 0.309 e. The topological polar surface area (TPSA) is 104 Å². The molecule has 0 unspecified atom stereocenters. The fourth-order valence-electron chi connectivity index (χ4n) is 3.68. The van der Waals surface area contributed by atoms with Gasteiger partial charge in [-0.05, 0) is 55.0 Å². The van der Waals surface area contributed by atoms with Crippen molar-refractivity contribution in [1.29, 1.82) is 5.26 Å². The minimum Gasteiger partial charge on any atom is -0.309 e. The van der Waals surface area contributed by atoms with Gasteiger partial charge in [-0.25, -0.2) is 9.97 Å². The zero-order valence-electron chi connectivity index (χ0n) is 17.6. The number of nitrogens with zero attached hydrogens (tertiary/aromatic N) is 4. The first-order valence-electron chi connectivity index (χ1n) is 10.2. The zero-order valence-corrected chi connectivity index (χ0v) is 18.4. The lowest BCUT2D eigenvalue weighted by Gasteiger charge is -2.13. The summed E-state index contributed by atoms with van der Waals surface area (Å²) >= 11 is 1.31. The Bertz CT molecular complexity index is 1680. The highest BCUT2D eigenvalue weighted by molar-refractivity contribution is 7.98. The first kappa shape index (κ1) is 20.7. The molecule has 1 N–H and O–H groups in total. The van der Waals surface area contributed by atoms with Gasteiger partial charge in [0.15, 0.2) is 5.16 Å². The Kier molecular flexibility index (Phi) is 5.24. The molecular formula is C25H17N5O2S. The third kappa shape index (κ3) is 3.79. The van der Waals surface area contributed by atoms with Crippen LogP contribution in [0.4, 0.5) is 0 Å². The number of aromatic amines is 1. The molecule has 0 radical (unpaired) electrons. The lowest BCUT2D eigenvalue weighted by atomic mass is 10.1. The molecule has 0 spiro atoms. The molecule has 0 aliphatic rings. The van der Waals surface area contributed by atoms with E-state index in [1.54, 1.807) is 48.5 Å². The molecule has 0 saturated carbocycles. The van der Waals surface area contributed by atoms with Crippen molar-refractivity contribution in [3.63, 3.8) is 0 Å². The van der Waals surface area contributed by atoms with Crippen molar-refractivity contribution in [3.05, 3.63) is 104 Å². The number of aryl methyl sites for hydroxylation is 1. The van der Waals surface area contributed by atoms with Gasteiger partial charge in [-0.1, -0.05) is 36.0 Å². The maximum absolute atomic E-state index is 13.4. The van der Waals surface area contributed by atoms with E-state index in [0.29, 0.717) is 49.8 Å². The van der Waals surface area contributed by atoms with Crippen molar-refractivity contribution >= 4 is 33.6 Å². The number of para-hydroxylation sites is 2. The molecule has 3 aromatic carbocycles. The molecule has 0 atom stereocenters. The van der Waals surface area contributed by atoms with Gasteiger partial charge in [0.25, 0.3) is 11.1 Å². The van der Waals surface area contributed by atoms with Gasteiger partial charge in [0.05, 0.1) is 44.9 Å². The smallest absolute Gasteiger partial charge is 0.266 e. The number of hydrogen-bond acceptors (Lipinski definition) is 6. The van der Waals surface area contributed by atoms with Crippen LogP contribution in [-0.4, -0.2) is 19.5 Å². The number of H-pyrrole nitrogens is 1. The molecule has 0 aliphatic heterocycles. The number of aromatic nitrogens is 4. The van der Waals surface area contributed by atoms with E-state index in [4.69, 9.17) is 10.2 Å². The monoisotopic (exact) mass is 451 g/mol. The number of hydrogen-bond donors (Lipinski definition) is 1. The molecule has 5 aromatic rings. The molecule has 0 aliphatic carbocycles. The number of thioether (sulfide) groups is 1. The van der Waals surface area contributed by atoms with Crippen LogP contribution in [0.25, 0.3) is 27.5 Å². The summed E-state index contributed by atoms with van der Waals surface area (Å²) in [6.45, 7) is 1.92. The van der Waals surface area contributed by atoms with E-state index >= 15 is 0 Å². The molecule has 2 heterocycles. The Balaban J connectivity index is 1.61. The van der Waals surface area contributed by atoms with Crippen LogP contribution in [0.5, 0.6) is 0 Å². The standard InChI is InChI=1S/C25H17N5O2S/c1-15-5-4-7-19-22(15)28-21(29-23(19)31)14-33-25-27-20-8-3-2-6-18(20)24(32)30(25)17-11-9-16(13-26)10-12-17/h2-12H,14H2,1H3,(H,28,29,31). The third-order valence-electron chi connectivity index (χ3n) is 5.32. The van der Waals surface area contributed by atoms with E-state index < -0.39 is 0 Å². The van der Waals surface area contributed by atoms with Gasteiger partial charge in [0.1, 0.15) is 5.82 Å². The Labute approximate surface area is 192 Å². The van der Waals surface area contributed by atoms with E-state index in [1.807, 2.05) is 25.1 Å². The van der Waals surface area contributed by atoms with Gasteiger partial charge in [-0.3, -0.25) is 14.2 Å². The Morgan fingerprint density at radius 3 is 2.52 bits per heavy atom. The molecule has 0 amide bonds. The SMILES string of the molecule is Cc1cccc2c(=O)[nH]c(CSc3nc4ccccc4c(=O)n3-c3ccc(C#N)cc3)nc12. The highest BCUT2D eigenvalue weighted by atomic mass is 32.2. The van der Waals surface area contributed by atoms with Crippen molar-refractivity contribution in [2.45, 2.75) is 17.8 Å². The van der Waals surface area contributed by atoms with Crippen molar-refractivity contribution in [1.82, 2.24) is 19.5 Å². The van der Waals surface area contributed by atoms with E-state index in [0.717, 1.165) is 5.56 Å². The second-order valence-electron chi connectivity index (χ2n) is 7.48. The quantitative estimate of drug-likeness (QED) is 0.326. The summed E-state index contributed by atoms with van der Waals surface area (Å²) in [7, 11) is 0. The predicted molar refractivity (Wildman–Crippen MR) is 129 cm³/mol. The number of fused-ring (bicyclic) bond motifs is 2. The molecule has 7 nitrogen and oxygen atoms in total. The van der Waals surface area contributed by atoms with Crippen LogP contribution in [0, 0.1) is 18.3 Å². The number of benzene rings is 3. The van der Waals surface area contributed by atoms with Crippen LogP contribution in [0.15, 0.2) is 81.5 Å². The lowest BCUT2D eigenvalue weighted by Crippen LogP contribution is -2.22. The second-order valence-corrected chi connectivity index (χ2v) is 8.43. The molecule has 33 heavy (non-hydrogen) atoms. The number of nitrogens with one attached hydrogen (secondary N) is 1. The molecule has 5 rings (SSSR count). The maximum Gasteiger partial charge on any atom is 0.266 e. The number of nitriles is 1. The highest BCUT2D eigenvalue weighted by Crippen LogP contribution is 2.24. The third-order valence-corrected chi connectivity index (χ3v) is 6.27. The molecule has 0 saturated heterocycles. The van der Waals surface area contributed by atoms with Gasteiger partial charge in [0, 0.05) is 0 Å². The van der Waals surface area contributed by atoms with Crippen LogP contribution in [0.3, 0.4) is 0 Å². The van der Waals surface area contributed by atoms with E-state index in [9.17, 15) is 9.59 Å². The van der Waals surface area contributed by atoms with Crippen LogP contribution in [0.2, 0.25) is 0 Å². The minimum absolute atomic E-state index is 0.199. The van der Waals surface area contributed by atoms with Gasteiger partial charge in [0.2, 0.25) is 0 Å². The average molecular weight is 452 g/mol. The molecular weight excluding hydrogens is 434 g/mol. The summed E-state index contributed by atoms with van der Waals surface area (Å²) in [6.07, 6.45) is 0. The van der Waals surface area contributed by atoms with E-state index in [1.165, 1.54) is 16.3 Å². The summed E-state index contributed by atoms with van der Waals surface area (Å²) < 4.78 is 1.53. The fraction of sp³-hybridized carbons (Fsp3) is 0.0800. The van der Waals surface area contributed by atoms with Gasteiger partial charge >= 0.3 is 0 Å². The second kappa shape index (κ2) is 8.37. The Hall–Kier alpha value is -4.22. The van der Waals surface area contributed by atoms with Gasteiger partial charge in [-0.2, -0.15) is 5.26 Å². The van der Waals surface area contributed by atoms with Crippen LogP contribution >= 0.6 is 11.8 Å². The molecule has 0 fully saturated rings. The normalized spacial score (nSPS) is 11.0. The summed E-state index contributed by atoms with van der Waals surface area (Å²) in [4.78, 5) is 38.1. The van der Waals surface area contributed by atoms with E-state index in [2.05, 4.69) is 16.0 Å². The van der Waals surface area contributed by atoms with Crippen LogP contribution in [-0.2, 0) is 5.75 Å². The van der Waals surface area contributed by atoms with Crippen molar-refractivity contribution in [2.75, 3.05) is 0 Å². The van der Waals surface area contributed by atoms with Crippen LogP contribution in [0.1, 0.15) is 17.0 Å². The van der Waals surface area contributed by atoms with Crippen molar-refractivity contribution in [3.8, 4) is 11.8 Å². The summed E-state index contributed by atoms with van der Waals surface area (Å²) in [5.74, 6) is 0.821. The van der Waals surface area contributed by atoms with E-state index in [-0.39, 0.29) is 11.1 Å². The summed E-state index contributed by atoms with van der Waals surface area (Å²) in [5.41, 5.74) is 2.87. The van der Waals surface area contributed by atoms with Crippen molar-refractivity contribution < 1.29 is 0 Å². The summed E-state index contributed by atoms with van der Waals surface area (Å²) in [6, 6.07) is 21.5. The Morgan fingerprint density at radius 1 is 0.970 bits per heavy atom. The fourth-order valence-corrected chi connectivity index (χ4v) is 4.56. The molecule has 160 valence electrons. The first-order valence-corrected chi connectivity index (χ1v) is 11.2. The lowest BCUT2D eigenvalue weighted by molar-refractivity contribution is 0.818. The predicted octanol–water partition coefficient (Wildman–Crippen LogP) is 4.09. The van der Waals surface area contributed by atoms with Crippen LogP contribution < -0.4 is 11.1 Å². The minimum atomic E-state index is -0.205. The highest BCUT2D eigenvalue weighted by Gasteiger charge is 2.15. The zero-order chi connectivity index (χ0) is 22.9. The molecule has 8 heteroatoms. The van der Waals surface area contributed by atoms with Gasteiger partial charge in [-0.15, -0.1) is 0 Å². The van der Waals surface area contributed by atoms with Gasteiger partial charge < -0.3 is 4.98 Å². The molecule has 2 aromatic heterocycles.